The van der Waals surface area contributed by atoms with Gasteiger partial charge in [-0.05, 0) is 24.8 Å². The second kappa shape index (κ2) is 11.4. The lowest BCUT2D eigenvalue weighted by atomic mass is 10.1. The molecule has 2 fully saturated rings. The van der Waals surface area contributed by atoms with Crippen molar-refractivity contribution in [3.8, 4) is 0 Å². The van der Waals surface area contributed by atoms with Gasteiger partial charge in [-0.15, -0.1) is 0 Å². The number of rotatable bonds is 11. The summed E-state index contributed by atoms with van der Waals surface area (Å²) in [6, 6.07) is 11.2. The van der Waals surface area contributed by atoms with Gasteiger partial charge < -0.3 is 19.7 Å². The number of hydrogen-bond donors (Lipinski definition) is 1. The Kier molecular flexibility index (Phi) is 8.58. The molecular formula is C22H36N4O2. The molecule has 1 atom stereocenters. The van der Waals surface area contributed by atoms with Gasteiger partial charge in [0.1, 0.15) is 0 Å². The molecule has 1 aliphatic carbocycles. The van der Waals surface area contributed by atoms with E-state index in [1.54, 1.807) is 7.11 Å². The first-order valence-corrected chi connectivity index (χ1v) is 10.6. The summed E-state index contributed by atoms with van der Waals surface area (Å²) in [5.41, 5.74) is 1.24. The number of hydrogen-bond acceptors (Lipinski definition) is 4. The minimum Gasteiger partial charge on any atom is -0.383 e. The molecule has 1 aromatic carbocycles. The van der Waals surface area contributed by atoms with Gasteiger partial charge >= 0.3 is 0 Å². The summed E-state index contributed by atoms with van der Waals surface area (Å²) in [4.78, 5) is 9.40. The zero-order valence-corrected chi connectivity index (χ0v) is 17.5. The van der Waals surface area contributed by atoms with E-state index < -0.39 is 0 Å². The van der Waals surface area contributed by atoms with Crippen molar-refractivity contribution in [2.24, 2.45) is 10.9 Å². The predicted molar refractivity (Wildman–Crippen MR) is 114 cm³/mol. The van der Waals surface area contributed by atoms with Crippen molar-refractivity contribution in [1.29, 1.82) is 0 Å². The SMILES string of the molecule is CN=C(NCCN(CCOC)C1CC1)N1CCC(COCc2ccccc2)C1. The Morgan fingerprint density at radius 2 is 2.04 bits per heavy atom. The van der Waals surface area contributed by atoms with Crippen LogP contribution in [-0.2, 0) is 16.1 Å². The molecule has 0 aromatic heterocycles. The largest absolute Gasteiger partial charge is 0.383 e. The van der Waals surface area contributed by atoms with Crippen molar-refractivity contribution in [1.82, 2.24) is 15.1 Å². The van der Waals surface area contributed by atoms with Crippen molar-refractivity contribution >= 4 is 5.96 Å². The van der Waals surface area contributed by atoms with Crippen LogP contribution in [0.1, 0.15) is 24.8 Å². The molecule has 1 saturated carbocycles. The van der Waals surface area contributed by atoms with Crippen LogP contribution in [0.5, 0.6) is 0 Å². The summed E-state index contributed by atoms with van der Waals surface area (Å²) in [7, 11) is 3.66. The lowest BCUT2D eigenvalue weighted by molar-refractivity contribution is 0.0906. The molecular weight excluding hydrogens is 352 g/mol. The standard InChI is InChI=1S/C22H36N4O2/c1-23-22(24-11-13-25(14-15-27-2)21-8-9-21)26-12-10-20(16-26)18-28-17-19-6-4-3-5-7-19/h3-7,20-21H,8-18H2,1-2H3,(H,23,24). The number of aliphatic imine (C=N–C) groups is 1. The summed E-state index contributed by atoms with van der Waals surface area (Å²) < 4.78 is 11.2. The summed E-state index contributed by atoms with van der Waals surface area (Å²) in [6.07, 6.45) is 3.82. The van der Waals surface area contributed by atoms with Crippen LogP contribution in [-0.4, -0.2) is 81.9 Å². The second-order valence-electron chi connectivity index (χ2n) is 7.84. The minimum atomic E-state index is 0.576. The van der Waals surface area contributed by atoms with Crippen LogP contribution in [0, 0.1) is 5.92 Å². The topological polar surface area (TPSA) is 49.3 Å². The van der Waals surface area contributed by atoms with Gasteiger partial charge in [0.15, 0.2) is 5.96 Å². The molecule has 6 heteroatoms. The van der Waals surface area contributed by atoms with Gasteiger partial charge in [-0.3, -0.25) is 9.89 Å². The van der Waals surface area contributed by atoms with E-state index in [1.807, 2.05) is 13.1 Å². The van der Waals surface area contributed by atoms with Gasteiger partial charge in [0, 0.05) is 58.8 Å². The van der Waals surface area contributed by atoms with Gasteiger partial charge in [-0.1, -0.05) is 30.3 Å². The number of benzene rings is 1. The number of nitrogens with one attached hydrogen (secondary N) is 1. The van der Waals surface area contributed by atoms with Crippen LogP contribution >= 0.6 is 0 Å². The van der Waals surface area contributed by atoms with E-state index in [0.717, 1.165) is 64.4 Å². The molecule has 1 saturated heterocycles. The number of methoxy groups -OCH3 is 1. The van der Waals surface area contributed by atoms with Crippen LogP contribution < -0.4 is 5.32 Å². The molecule has 3 rings (SSSR count). The predicted octanol–water partition coefficient (Wildman–Crippen LogP) is 2.21. The Morgan fingerprint density at radius 1 is 1.21 bits per heavy atom. The van der Waals surface area contributed by atoms with Crippen molar-refractivity contribution in [2.45, 2.75) is 31.9 Å². The Hall–Kier alpha value is -1.63. The van der Waals surface area contributed by atoms with Crippen molar-refractivity contribution in [3.05, 3.63) is 35.9 Å². The van der Waals surface area contributed by atoms with Gasteiger partial charge in [0.25, 0.3) is 0 Å². The maximum atomic E-state index is 5.94. The maximum absolute atomic E-state index is 5.94. The van der Waals surface area contributed by atoms with Gasteiger partial charge in [0.2, 0.25) is 0 Å². The van der Waals surface area contributed by atoms with Crippen LogP contribution in [0.2, 0.25) is 0 Å². The molecule has 1 unspecified atom stereocenters. The third-order valence-corrected chi connectivity index (χ3v) is 5.59. The number of likely N-dealkylation sites (tertiary alicyclic amines) is 1. The maximum Gasteiger partial charge on any atom is 0.193 e. The van der Waals surface area contributed by atoms with E-state index in [0.29, 0.717) is 12.5 Å². The Bertz CT molecular complexity index is 591. The van der Waals surface area contributed by atoms with Crippen LogP contribution in [0.25, 0.3) is 0 Å². The fraction of sp³-hybridized carbons (Fsp3) is 0.682. The van der Waals surface area contributed by atoms with E-state index >= 15 is 0 Å². The molecule has 1 N–H and O–H groups in total. The number of ether oxygens (including phenoxy) is 2. The Morgan fingerprint density at radius 3 is 2.75 bits per heavy atom. The van der Waals surface area contributed by atoms with Crippen LogP contribution in [0.15, 0.2) is 35.3 Å². The van der Waals surface area contributed by atoms with E-state index in [9.17, 15) is 0 Å². The Balaban J connectivity index is 1.34. The first-order chi connectivity index (χ1) is 13.8. The lowest BCUT2D eigenvalue weighted by Crippen LogP contribution is -2.44. The monoisotopic (exact) mass is 388 g/mol. The highest BCUT2D eigenvalue weighted by Gasteiger charge is 2.29. The summed E-state index contributed by atoms with van der Waals surface area (Å²) >= 11 is 0. The number of nitrogens with zero attached hydrogens (tertiary/aromatic N) is 3. The van der Waals surface area contributed by atoms with E-state index in [2.05, 4.69) is 44.4 Å². The van der Waals surface area contributed by atoms with E-state index in [4.69, 9.17) is 9.47 Å². The first-order valence-electron chi connectivity index (χ1n) is 10.6. The summed E-state index contributed by atoms with van der Waals surface area (Å²) in [6.45, 7) is 7.38. The third kappa shape index (κ3) is 6.76. The quantitative estimate of drug-likeness (QED) is 0.465. The molecule has 156 valence electrons. The zero-order valence-electron chi connectivity index (χ0n) is 17.5. The summed E-state index contributed by atoms with van der Waals surface area (Å²) in [5.74, 6) is 1.60. The molecule has 0 radical (unpaired) electrons. The van der Waals surface area contributed by atoms with Crippen LogP contribution in [0.3, 0.4) is 0 Å². The molecule has 0 spiro atoms. The molecule has 1 aromatic rings. The molecule has 0 bridgehead atoms. The molecule has 0 amide bonds. The van der Waals surface area contributed by atoms with Crippen LogP contribution in [0.4, 0.5) is 0 Å². The smallest absolute Gasteiger partial charge is 0.193 e. The highest BCUT2D eigenvalue weighted by Crippen LogP contribution is 2.26. The van der Waals surface area contributed by atoms with E-state index in [-0.39, 0.29) is 0 Å². The molecule has 6 nitrogen and oxygen atoms in total. The molecule has 28 heavy (non-hydrogen) atoms. The van der Waals surface area contributed by atoms with Crippen molar-refractivity contribution in [2.75, 3.05) is 60.1 Å². The minimum absolute atomic E-state index is 0.576. The normalized spacial score (nSPS) is 20.2. The Labute approximate surface area is 169 Å². The summed E-state index contributed by atoms with van der Waals surface area (Å²) in [5, 5.41) is 3.56. The number of guanidine groups is 1. The average molecular weight is 389 g/mol. The fourth-order valence-electron chi connectivity index (χ4n) is 3.85. The van der Waals surface area contributed by atoms with Gasteiger partial charge in [0.05, 0.1) is 19.8 Å². The molecule has 2 aliphatic rings. The van der Waals surface area contributed by atoms with Gasteiger partial charge in [-0.2, -0.15) is 0 Å². The fourth-order valence-corrected chi connectivity index (χ4v) is 3.85. The average Bonchev–Trinajstić information content (AvgIpc) is 3.47. The highest BCUT2D eigenvalue weighted by atomic mass is 16.5. The third-order valence-electron chi connectivity index (χ3n) is 5.59. The first kappa shape index (κ1) is 21.1. The lowest BCUT2D eigenvalue weighted by Gasteiger charge is -2.25. The highest BCUT2D eigenvalue weighted by molar-refractivity contribution is 5.80. The van der Waals surface area contributed by atoms with Gasteiger partial charge in [-0.25, -0.2) is 0 Å². The zero-order chi connectivity index (χ0) is 19.6. The second-order valence-corrected chi connectivity index (χ2v) is 7.84. The molecule has 1 aliphatic heterocycles. The van der Waals surface area contributed by atoms with Crippen molar-refractivity contribution in [3.63, 3.8) is 0 Å². The molecule has 1 heterocycles. The van der Waals surface area contributed by atoms with Crippen molar-refractivity contribution < 1.29 is 9.47 Å². The van der Waals surface area contributed by atoms with E-state index in [1.165, 1.54) is 18.4 Å².